The lowest BCUT2D eigenvalue weighted by molar-refractivity contribution is -0.121. The summed E-state index contributed by atoms with van der Waals surface area (Å²) in [7, 11) is -1.87. The Morgan fingerprint density at radius 3 is 2.73 bits per heavy atom. The van der Waals surface area contributed by atoms with Gasteiger partial charge in [-0.1, -0.05) is 0 Å². The average Bonchev–Trinajstić information content (AvgIpc) is 2.82. The summed E-state index contributed by atoms with van der Waals surface area (Å²) in [6, 6.07) is 4.18. The van der Waals surface area contributed by atoms with Crippen LogP contribution >= 0.6 is 0 Å². The number of nitrogens with one attached hydrogen (secondary N) is 1. The van der Waals surface area contributed by atoms with E-state index in [0.717, 1.165) is 0 Å². The number of carbonyl (C=O) groups excluding carboxylic acids is 1. The number of aryl methyl sites for hydroxylation is 1. The van der Waals surface area contributed by atoms with Crippen LogP contribution in [0.5, 0.6) is 5.75 Å². The standard InChI is InChI=1S/C17H19NO7S/c1-9-11-4-3-10(24-2)5-15(11)25-17(21)12(9)6-16(20)18-13-7-26(22,23)8-14(13)19/h3-5,13-14,19H,6-8H2,1-2H3,(H,18,20)/t13-,14-/m1/s1. The SMILES string of the molecule is COc1ccc2c(C)c(CC(=O)N[C@@H]3CS(=O)(=O)C[C@H]3O)c(=O)oc2c1. The topological polar surface area (TPSA) is 123 Å². The van der Waals surface area contributed by atoms with E-state index in [1.807, 2.05) is 0 Å². The summed E-state index contributed by atoms with van der Waals surface area (Å²) in [5.41, 5.74) is 0.510. The average molecular weight is 381 g/mol. The summed E-state index contributed by atoms with van der Waals surface area (Å²) in [6.45, 7) is 1.71. The van der Waals surface area contributed by atoms with Crippen molar-refractivity contribution in [2.75, 3.05) is 18.6 Å². The largest absolute Gasteiger partial charge is 0.497 e. The summed E-state index contributed by atoms with van der Waals surface area (Å²) >= 11 is 0. The van der Waals surface area contributed by atoms with Crippen molar-refractivity contribution in [2.45, 2.75) is 25.5 Å². The predicted octanol–water partition coefficient (Wildman–Crippen LogP) is -0.0734. The van der Waals surface area contributed by atoms with Crippen molar-refractivity contribution < 1.29 is 27.5 Å². The van der Waals surface area contributed by atoms with E-state index in [2.05, 4.69) is 5.32 Å². The van der Waals surface area contributed by atoms with Gasteiger partial charge in [0.05, 0.1) is 42.7 Å². The van der Waals surface area contributed by atoms with E-state index in [9.17, 15) is 23.1 Å². The second-order valence-corrected chi connectivity index (χ2v) is 8.50. The van der Waals surface area contributed by atoms with E-state index < -0.39 is 33.5 Å². The fraction of sp³-hybridized carbons (Fsp3) is 0.412. The van der Waals surface area contributed by atoms with Crippen LogP contribution in [0, 0.1) is 6.92 Å². The highest BCUT2D eigenvalue weighted by Gasteiger charge is 2.37. The van der Waals surface area contributed by atoms with Gasteiger partial charge >= 0.3 is 5.63 Å². The Hall–Kier alpha value is -2.39. The first-order valence-corrected chi connectivity index (χ1v) is 9.80. The highest BCUT2D eigenvalue weighted by atomic mass is 32.2. The monoisotopic (exact) mass is 381 g/mol. The van der Waals surface area contributed by atoms with Gasteiger partial charge in [-0.2, -0.15) is 0 Å². The number of amides is 1. The summed E-state index contributed by atoms with van der Waals surface area (Å²) in [5.74, 6) is -0.696. The number of benzene rings is 1. The second kappa shape index (κ2) is 6.73. The van der Waals surface area contributed by atoms with E-state index in [1.165, 1.54) is 7.11 Å². The quantitative estimate of drug-likeness (QED) is 0.711. The number of ether oxygens (including phenoxy) is 1. The molecule has 2 N–H and O–H groups in total. The smallest absolute Gasteiger partial charge is 0.340 e. The van der Waals surface area contributed by atoms with Crippen LogP contribution < -0.4 is 15.7 Å². The zero-order valence-corrected chi connectivity index (χ0v) is 15.1. The van der Waals surface area contributed by atoms with Crippen molar-refractivity contribution in [1.82, 2.24) is 5.32 Å². The van der Waals surface area contributed by atoms with Crippen molar-refractivity contribution >= 4 is 26.7 Å². The Morgan fingerprint density at radius 2 is 2.12 bits per heavy atom. The summed E-state index contributed by atoms with van der Waals surface area (Å²) < 4.78 is 33.4. The molecule has 9 heteroatoms. The third-order valence-electron chi connectivity index (χ3n) is 4.50. The molecular formula is C17H19NO7S. The molecule has 1 fully saturated rings. The minimum absolute atomic E-state index is 0.190. The van der Waals surface area contributed by atoms with Crippen LogP contribution in [0.3, 0.4) is 0 Å². The van der Waals surface area contributed by atoms with E-state index >= 15 is 0 Å². The Bertz CT molecular complexity index is 1030. The lowest BCUT2D eigenvalue weighted by Crippen LogP contribution is -2.43. The third-order valence-corrected chi connectivity index (χ3v) is 6.22. The Morgan fingerprint density at radius 1 is 1.38 bits per heavy atom. The van der Waals surface area contributed by atoms with Crippen LogP contribution in [0.25, 0.3) is 11.0 Å². The summed E-state index contributed by atoms with van der Waals surface area (Å²) in [6.07, 6.45) is -1.41. The molecule has 1 aliphatic rings. The zero-order valence-electron chi connectivity index (χ0n) is 14.3. The van der Waals surface area contributed by atoms with Crippen molar-refractivity contribution in [2.24, 2.45) is 0 Å². The van der Waals surface area contributed by atoms with Gasteiger partial charge < -0.3 is 19.6 Å². The van der Waals surface area contributed by atoms with Gasteiger partial charge in [-0.05, 0) is 24.6 Å². The fourth-order valence-corrected chi connectivity index (χ4v) is 4.83. The maximum Gasteiger partial charge on any atom is 0.340 e. The van der Waals surface area contributed by atoms with Gasteiger partial charge in [-0.15, -0.1) is 0 Å². The molecule has 3 rings (SSSR count). The van der Waals surface area contributed by atoms with Crippen LogP contribution in [0.4, 0.5) is 0 Å². The molecule has 0 bridgehead atoms. The molecule has 0 radical (unpaired) electrons. The molecule has 0 saturated carbocycles. The lowest BCUT2D eigenvalue weighted by atomic mass is 10.0. The molecule has 2 aromatic rings. The van der Waals surface area contributed by atoms with E-state index in [4.69, 9.17) is 9.15 Å². The van der Waals surface area contributed by atoms with Gasteiger partial charge in [-0.25, -0.2) is 13.2 Å². The molecule has 1 amide bonds. The first-order valence-electron chi connectivity index (χ1n) is 7.98. The van der Waals surface area contributed by atoms with Gasteiger partial charge in [0.1, 0.15) is 11.3 Å². The number of rotatable bonds is 4. The molecule has 8 nitrogen and oxygen atoms in total. The maximum atomic E-state index is 12.3. The number of hydrogen-bond acceptors (Lipinski definition) is 7. The summed E-state index contributed by atoms with van der Waals surface area (Å²) in [5, 5.41) is 12.9. The third kappa shape index (κ3) is 3.58. The molecule has 0 spiro atoms. The molecule has 140 valence electrons. The zero-order chi connectivity index (χ0) is 19.1. The number of sulfone groups is 1. The van der Waals surface area contributed by atoms with Gasteiger partial charge in [0.15, 0.2) is 9.84 Å². The first-order chi connectivity index (χ1) is 12.2. The molecule has 26 heavy (non-hydrogen) atoms. The first kappa shape index (κ1) is 18.4. The van der Waals surface area contributed by atoms with Gasteiger partial charge in [0.2, 0.25) is 5.91 Å². The van der Waals surface area contributed by atoms with Crippen LogP contribution in [0.15, 0.2) is 27.4 Å². The number of aliphatic hydroxyl groups is 1. The maximum absolute atomic E-state index is 12.3. The number of aliphatic hydroxyl groups excluding tert-OH is 1. The molecule has 2 atom stereocenters. The van der Waals surface area contributed by atoms with Crippen molar-refractivity contribution in [1.29, 1.82) is 0 Å². The molecule has 1 aromatic carbocycles. The normalized spacial score (nSPS) is 21.7. The van der Waals surface area contributed by atoms with Crippen molar-refractivity contribution in [3.05, 3.63) is 39.7 Å². The molecule has 1 aliphatic heterocycles. The number of fused-ring (bicyclic) bond motifs is 1. The van der Waals surface area contributed by atoms with Crippen molar-refractivity contribution in [3.63, 3.8) is 0 Å². The van der Waals surface area contributed by atoms with Crippen LogP contribution in [0.1, 0.15) is 11.1 Å². The van der Waals surface area contributed by atoms with E-state index in [-0.39, 0.29) is 23.5 Å². The van der Waals surface area contributed by atoms with Crippen molar-refractivity contribution in [3.8, 4) is 5.75 Å². The molecule has 0 unspecified atom stereocenters. The van der Waals surface area contributed by atoms with Crippen LogP contribution in [-0.4, -0.2) is 50.2 Å². The number of hydrogen-bond donors (Lipinski definition) is 2. The highest BCUT2D eigenvalue weighted by Crippen LogP contribution is 2.24. The molecule has 0 aliphatic carbocycles. The molecule has 2 heterocycles. The molecule has 1 saturated heterocycles. The van der Waals surface area contributed by atoms with Gasteiger partial charge in [0, 0.05) is 11.5 Å². The molecular weight excluding hydrogens is 362 g/mol. The van der Waals surface area contributed by atoms with Gasteiger partial charge in [-0.3, -0.25) is 4.79 Å². The predicted molar refractivity (Wildman–Crippen MR) is 94.1 cm³/mol. The highest BCUT2D eigenvalue weighted by molar-refractivity contribution is 7.91. The Labute approximate surface area is 149 Å². The Balaban J connectivity index is 1.84. The Kier molecular flexibility index (Phi) is 4.76. The van der Waals surface area contributed by atoms with Crippen LogP contribution in [-0.2, 0) is 21.1 Å². The number of methoxy groups -OCH3 is 1. The molecule has 1 aromatic heterocycles. The van der Waals surface area contributed by atoms with E-state index in [0.29, 0.717) is 22.3 Å². The van der Waals surface area contributed by atoms with Crippen LogP contribution in [0.2, 0.25) is 0 Å². The second-order valence-electron chi connectivity index (χ2n) is 6.35. The minimum atomic E-state index is -3.37. The fourth-order valence-electron chi connectivity index (χ4n) is 3.09. The number of carbonyl (C=O) groups is 1. The lowest BCUT2D eigenvalue weighted by Gasteiger charge is -2.15. The summed E-state index contributed by atoms with van der Waals surface area (Å²) in [4.78, 5) is 24.5. The minimum Gasteiger partial charge on any atom is -0.497 e. The van der Waals surface area contributed by atoms with Gasteiger partial charge in [0.25, 0.3) is 0 Å². The van der Waals surface area contributed by atoms with E-state index in [1.54, 1.807) is 25.1 Å².